The highest BCUT2D eigenvalue weighted by Gasteiger charge is 2.45. The number of halogens is 1. The molecule has 0 amide bonds. The lowest BCUT2D eigenvalue weighted by molar-refractivity contribution is 0.286. The monoisotopic (exact) mass is 287 g/mol. The number of benzene rings is 2. The van der Waals surface area contributed by atoms with E-state index in [1.807, 2.05) is 30.3 Å². The first-order valence-corrected chi connectivity index (χ1v) is 6.96. The van der Waals surface area contributed by atoms with Crippen molar-refractivity contribution in [2.75, 3.05) is 7.11 Å². The Morgan fingerprint density at radius 1 is 1.10 bits per heavy atom. The second kappa shape index (κ2) is 5.37. The summed E-state index contributed by atoms with van der Waals surface area (Å²) >= 11 is 0. The molecule has 0 bridgehead atoms. The number of hydrogen-bond acceptors (Lipinski definition) is 3. The molecule has 0 spiro atoms. The number of methoxy groups -OCH3 is 1. The van der Waals surface area contributed by atoms with Crippen LogP contribution < -0.4 is 15.2 Å². The highest BCUT2D eigenvalue weighted by Crippen LogP contribution is 2.49. The minimum Gasteiger partial charge on any atom is -0.496 e. The molecular weight excluding hydrogens is 269 g/mol. The lowest BCUT2D eigenvalue weighted by Gasteiger charge is -2.18. The Kier molecular flexibility index (Phi) is 3.55. The van der Waals surface area contributed by atoms with Crippen molar-refractivity contribution in [1.82, 2.24) is 0 Å². The van der Waals surface area contributed by atoms with E-state index in [0.29, 0.717) is 17.9 Å². The summed E-state index contributed by atoms with van der Waals surface area (Å²) < 4.78 is 25.5. The van der Waals surface area contributed by atoms with Crippen LogP contribution in [-0.4, -0.2) is 7.11 Å². The molecule has 1 aliphatic carbocycles. The molecule has 0 unspecified atom stereocenters. The maximum Gasteiger partial charge on any atom is 0.173 e. The van der Waals surface area contributed by atoms with Gasteiger partial charge in [0.2, 0.25) is 0 Å². The first-order chi connectivity index (χ1) is 10.1. The van der Waals surface area contributed by atoms with Crippen LogP contribution >= 0.6 is 0 Å². The lowest BCUT2D eigenvalue weighted by Crippen LogP contribution is -2.22. The maximum absolute atomic E-state index is 14.7. The SMILES string of the molecule is COc1ccc(OCc2ccccc2)c(F)c1C1(N)CC1. The molecule has 2 aromatic rings. The van der Waals surface area contributed by atoms with Crippen LogP contribution in [0.15, 0.2) is 42.5 Å². The van der Waals surface area contributed by atoms with Crippen LogP contribution in [0.1, 0.15) is 24.0 Å². The van der Waals surface area contributed by atoms with Crippen molar-refractivity contribution in [3.8, 4) is 11.5 Å². The van der Waals surface area contributed by atoms with Gasteiger partial charge in [0, 0.05) is 5.54 Å². The topological polar surface area (TPSA) is 44.5 Å². The number of rotatable bonds is 5. The zero-order valence-corrected chi connectivity index (χ0v) is 11.9. The van der Waals surface area contributed by atoms with Crippen LogP contribution in [0.4, 0.5) is 4.39 Å². The smallest absolute Gasteiger partial charge is 0.173 e. The van der Waals surface area contributed by atoms with E-state index in [9.17, 15) is 4.39 Å². The van der Waals surface area contributed by atoms with E-state index in [-0.39, 0.29) is 5.75 Å². The van der Waals surface area contributed by atoms with Gasteiger partial charge < -0.3 is 15.2 Å². The molecule has 0 atom stereocenters. The van der Waals surface area contributed by atoms with Gasteiger partial charge in [-0.15, -0.1) is 0 Å². The van der Waals surface area contributed by atoms with Crippen molar-refractivity contribution in [3.05, 3.63) is 59.4 Å². The number of hydrogen-bond donors (Lipinski definition) is 1. The fourth-order valence-corrected chi connectivity index (χ4v) is 2.40. The standard InChI is InChI=1S/C17H18FNO2/c1-20-13-7-8-14(16(18)15(13)17(19)9-10-17)21-11-12-5-3-2-4-6-12/h2-8H,9-11,19H2,1H3. The first-order valence-electron chi connectivity index (χ1n) is 6.96. The van der Waals surface area contributed by atoms with Gasteiger partial charge in [-0.25, -0.2) is 4.39 Å². The molecule has 1 saturated carbocycles. The molecule has 1 aliphatic rings. The highest BCUT2D eigenvalue weighted by molar-refractivity contribution is 5.48. The molecule has 0 radical (unpaired) electrons. The molecule has 2 N–H and O–H groups in total. The van der Waals surface area contributed by atoms with Gasteiger partial charge in [-0.05, 0) is 30.5 Å². The third kappa shape index (κ3) is 2.72. The van der Waals surface area contributed by atoms with E-state index in [1.54, 1.807) is 12.1 Å². The summed E-state index contributed by atoms with van der Waals surface area (Å²) in [6.45, 7) is 0.321. The van der Waals surface area contributed by atoms with Gasteiger partial charge in [-0.2, -0.15) is 0 Å². The average molecular weight is 287 g/mol. The maximum atomic E-state index is 14.7. The highest BCUT2D eigenvalue weighted by atomic mass is 19.1. The first kappa shape index (κ1) is 13.9. The van der Waals surface area contributed by atoms with Crippen LogP contribution in [0.3, 0.4) is 0 Å². The third-order valence-corrected chi connectivity index (χ3v) is 3.81. The zero-order chi connectivity index (χ0) is 14.9. The molecule has 1 fully saturated rings. The number of ether oxygens (including phenoxy) is 2. The second-order valence-corrected chi connectivity index (χ2v) is 5.39. The van der Waals surface area contributed by atoms with E-state index in [1.165, 1.54) is 7.11 Å². The van der Waals surface area contributed by atoms with Gasteiger partial charge in [0.1, 0.15) is 12.4 Å². The molecule has 0 heterocycles. The Morgan fingerprint density at radius 2 is 1.76 bits per heavy atom. The van der Waals surface area contributed by atoms with Gasteiger partial charge >= 0.3 is 0 Å². The Balaban J connectivity index is 1.86. The summed E-state index contributed by atoms with van der Waals surface area (Å²) in [5, 5.41) is 0. The summed E-state index contributed by atoms with van der Waals surface area (Å²) in [5.41, 5.74) is 6.95. The molecule has 3 rings (SSSR count). The van der Waals surface area contributed by atoms with Crippen LogP contribution in [-0.2, 0) is 12.1 Å². The van der Waals surface area contributed by atoms with E-state index < -0.39 is 11.4 Å². The van der Waals surface area contributed by atoms with Crippen LogP contribution in [0.5, 0.6) is 11.5 Å². The van der Waals surface area contributed by atoms with E-state index in [4.69, 9.17) is 15.2 Å². The number of nitrogens with two attached hydrogens (primary N) is 1. The Morgan fingerprint density at radius 3 is 2.38 bits per heavy atom. The fourth-order valence-electron chi connectivity index (χ4n) is 2.40. The largest absolute Gasteiger partial charge is 0.496 e. The average Bonchev–Trinajstić information content (AvgIpc) is 3.25. The van der Waals surface area contributed by atoms with Gasteiger partial charge in [0.05, 0.1) is 12.7 Å². The zero-order valence-electron chi connectivity index (χ0n) is 11.9. The molecule has 3 nitrogen and oxygen atoms in total. The normalized spacial score (nSPS) is 15.6. The second-order valence-electron chi connectivity index (χ2n) is 5.39. The van der Waals surface area contributed by atoms with Crippen molar-refractivity contribution >= 4 is 0 Å². The van der Waals surface area contributed by atoms with E-state index in [2.05, 4.69) is 0 Å². The van der Waals surface area contributed by atoms with Crippen LogP contribution in [0.25, 0.3) is 0 Å². The summed E-state index contributed by atoms with van der Waals surface area (Å²) in [7, 11) is 1.52. The Hall–Kier alpha value is -2.07. The minimum absolute atomic E-state index is 0.214. The molecule has 4 heteroatoms. The Bertz CT molecular complexity index is 639. The summed E-state index contributed by atoms with van der Waals surface area (Å²) in [4.78, 5) is 0. The summed E-state index contributed by atoms with van der Waals surface area (Å²) in [5.74, 6) is 0.288. The summed E-state index contributed by atoms with van der Waals surface area (Å²) in [6.07, 6.45) is 1.53. The van der Waals surface area contributed by atoms with Crippen LogP contribution in [0.2, 0.25) is 0 Å². The molecule has 2 aromatic carbocycles. The van der Waals surface area contributed by atoms with Crippen molar-refractivity contribution in [2.45, 2.75) is 25.0 Å². The predicted molar refractivity (Wildman–Crippen MR) is 78.8 cm³/mol. The fraction of sp³-hybridized carbons (Fsp3) is 0.294. The molecule has 110 valence electrons. The van der Waals surface area contributed by atoms with Gasteiger partial charge in [-0.3, -0.25) is 0 Å². The van der Waals surface area contributed by atoms with Gasteiger partial charge in [0.15, 0.2) is 11.6 Å². The van der Waals surface area contributed by atoms with Gasteiger partial charge in [-0.1, -0.05) is 30.3 Å². The molecule has 0 saturated heterocycles. The third-order valence-electron chi connectivity index (χ3n) is 3.81. The van der Waals surface area contributed by atoms with Crippen LogP contribution in [0, 0.1) is 5.82 Å². The molecule has 0 aliphatic heterocycles. The van der Waals surface area contributed by atoms with Crippen molar-refractivity contribution in [2.24, 2.45) is 5.73 Å². The predicted octanol–water partition coefficient (Wildman–Crippen LogP) is 3.36. The van der Waals surface area contributed by atoms with E-state index >= 15 is 0 Å². The summed E-state index contributed by atoms with van der Waals surface area (Å²) in [6, 6.07) is 13.0. The van der Waals surface area contributed by atoms with Crippen molar-refractivity contribution in [1.29, 1.82) is 0 Å². The van der Waals surface area contributed by atoms with Crippen molar-refractivity contribution in [3.63, 3.8) is 0 Å². The molecule has 0 aromatic heterocycles. The van der Waals surface area contributed by atoms with Crippen molar-refractivity contribution < 1.29 is 13.9 Å². The Labute approximate surface area is 123 Å². The molecular formula is C17H18FNO2. The minimum atomic E-state index is -0.610. The van der Waals surface area contributed by atoms with E-state index in [0.717, 1.165) is 18.4 Å². The lowest BCUT2D eigenvalue weighted by atomic mass is 10.0. The molecule has 21 heavy (non-hydrogen) atoms. The van der Waals surface area contributed by atoms with Gasteiger partial charge in [0.25, 0.3) is 0 Å². The quantitative estimate of drug-likeness (QED) is 0.917.